The number of aromatic nitrogens is 4. The number of thioether (sulfide) groups is 1. The summed E-state index contributed by atoms with van der Waals surface area (Å²) in [6.45, 7) is 5.75. The number of hydrogen-bond donors (Lipinski definition) is 0. The highest BCUT2D eigenvalue weighted by atomic mass is 32.2. The molecule has 0 N–H and O–H groups in total. The van der Waals surface area contributed by atoms with Gasteiger partial charge in [-0.25, -0.2) is 0 Å². The molecule has 7 nitrogen and oxygen atoms in total. The van der Waals surface area contributed by atoms with Crippen molar-refractivity contribution in [3.05, 3.63) is 34.6 Å². The smallest absolute Gasteiger partial charge is 0.262 e. The Morgan fingerprint density at radius 2 is 2.07 bits per heavy atom. The van der Waals surface area contributed by atoms with Crippen molar-refractivity contribution in [3.63, 3.8) is 0 Å². The molecule has 1 aliphatic heterocycles. The lowest BCUT2D eigenvalue weighted by atomic mass is 10.0. The second-order valence-corrected chi connectivity index (χ2v) is 8.60. The van der Waals surface area contributed by atoms with Crippen LogP contribution in [-0.4, -0.2) is 48.3 Å². The van der Waals surface area contributed by atoms with E-state index in [0.717, 1.165) is 25.0 Å². The van der Waals surface area contributed by atoms with Crippen LogP contribution in [0.3, 0.4) is 0 Å². The summed E-state index contributed by atoms with van der Waals surface area (Å²) in [6, 6.07) is 7.42. The molecule has 8 heteroatoms. The average molecular weight is 385 g/mol. The second-order valence-electron chi connectivity index (χ2n) is 7.29. The van der Waals surface area contributed by atoms with Gasteiger partial charge in [0.25, 0.3) is 5.56 Å². The van der Waals surface area contributed by atoms with Crippen LogP contribution in [0.4, 0.5) is 0 Å². The molecule has 4 rings (SSSR count). The average Bonchev–Trinajstić information content (AvgIpc) is 3.09. The Balaban J connectivity index is 1.70. The normalized spacial score (nSPS) is 18.9. The number of likely N-dealkylation sites (tertiary alicyclic amines) is 1. The zero-order valence-electron chi connectivity index (χ0n) is 15.8. The number of hydrogen-bond acceptors (Lipinski definition) is 5. The summed E-state index contributed by atoms with van der Waals surface area (Å²) in [5, 5.41) is 9.44. The van der Waals surface area contributed by atoms with Gasteiger partial charge in [0.05, 0.1) is 16.2 Å². The van der Waals surface area contributed by atoms with Crippen molar-refractivity contribution < 1.29 is 4.79 Å². The maximum Gasteiger partial charge on any atom is 0.262 e. The van der Waals surface area contributed by atoms with Crippen molar-refractivity contribution in [2.45, 2.75) is 37.1 Å². The molecule has 2 aromatic heterocycles. The highest BCUT2D eigenvalue weighted by Gasteiger charge is 2.27. The SMILES string of the molecule is C[C@@H]1CCCN(C(=O)[C@@H](C)Sc2nnc3n(C)c(=O)c4ccccc4n23)C1. The van der Waals surface area contributed by atoms with Crippen molar-refractivity contribution in [3.8, 4) is 0 Å². The third-order valence-electron chi connectivity index (χ3n) is 5.19. The summed E-state index contributed by atoms with van der Waals surface area (Å²) in [4.78, 5) is 27.4. The van der Waals surface area contributed by atoms with Gasteiger partial charge in [0.15, 0.2) is 5.16 Å². The number of nitrogens with zero attached hydrogens (tertiary/aromatic N) is 5. The molecule has 0 unspecified atom stereocenters. The maximum absolute atomic E-state index is 12.9. The Hall–Kier alpha value is -2.35. The summed E-state index contributed by atoms with van der Waals surface area (Å²) < 4.78 is 3.36. The van der Waals surface area contributed by atoms with E-state index in [1.165, 1.54) is 22.7 Å². The lowest BCUT2D eigenvalue weighted by Crippen LogP contribution is -2.42. The molecule has 0 aliphatic carbocycles. The van der Waals surface area contributed by atoms with Crippen LogP contribution in [0.5, 0.6) is 0 Å². The molecule has 1 amide bonds. The van der Waals surface area contributed by atoms with Gasteiger partial charge in [0.2, 0.25) is 11.7 Å². The topological polar surface area (TPSA) is 72.5 Å². The van der Waals surface area contributed by atoms with Crippen molar-refractivity contribution in [2.75, 3.05) is 13.1 Å². The van der Waals surface area contributed by atoms with Gasteiger partial charge in [-0.15, -0.1) is 10.2 Å². The monoisotopic (exact) mass is 385 g/mol. The van der Waals surface area contributed by atoms with E-state index in [0.29, 0.717) is 22.2 Å². The van der Waals surface area contributed by atoms with Gasteiger partial charge in [-0.3, -0.25) is 18.6 Å². The van der Waals surface area contributed by atoms with E-state index in [2.05, 4.69) is 17.1 Å². The molecular weight excluding hydrogens is 362 g/mol. The molecule has 0 radical (unpaired) electrons. The minimum Gasteiger partial charge on any atom is -0.341 e. The van der Waals surface area contributed by atoms with E-state index in [1.54, 1.807) is 13.1 Å². The van der Waals surface area contributed by atoms with Crippen molar-refractivity contribution in [2.24, 2.45) is 13.0 Å². The highest BCUT2D eigenvalue weighted by molar-refractivity contribution is 8.00. The first-order valence-electron chi connectivity index (χ1n) is 9.25. The van der Waals surface area contributed by atoms with Crippen molar-refractivity contribution in [1.29, 1.82) is 0 Å². The molecule has 1 aliphatic rings. The number of rotatable bonds is 3. The van der Waals surface area contributed by atoms with E-state index in [4.69, 9.17) is 0 Å². The van der Waals surface area contributed by atoms with E-state index in [9.17, 15) is 9.59 Å². The van der Waals surface area contributed by atoms with Gasteiger partial charge in [-0.1, -0.05) is 30.8 Å². The van der Waals surface area contributed by atoms with Crippen LogP contribution in [0.25, 0.3) is 16.7 Å². The molecule has 3 heterocycles. The van der Waals surface area contributed by atoms with Gasteiger partial charge in [0.1, 0.15) is 0 Å². The predicted octanol–water partition coefficient (Wildman–Crippen LogP) is 2.32. The first-order chi connectivity index (χ1) is 13.0. The number of para-hydroxylation sites is 1. The van der Waals surface area contributed by atoms with Crippen LogP contribution in [0.1, 0.15) is 26.7 Å². The van der Waals surface area contributed by atoms with Crippen LogP contribution in [0, 0.1) is 5.92 Å². The Bertz CT molecular complexity index is 1070. The fourth-order valence-electron chi connectivity index (χ4n) is 3.74. The Morgan fingerprint density at radius 1 is 1.30 bits per heavy atom. The highest BCUT2D eigenvalue weighted by Crippen LogP contribution is 2.27. The Morgan fingerprint density at radius 3 is 2.85 bits per heavy atom. The van der Waals surface area contributed by atoms with Gasteiger partial charge < -0.3 is 4.90 Å². The van der Waals surface area contributed by atoms with E-state index >= 15 is 0 Å². The summed E-state index contributed by atoms with van der Waals surface area (Å²) in [5.41, 5.74) is 0.655. The molecule has 3 aromatic rings. The summed E-state index contributed by atoms with van der Waals surface area (Å²) in [7, 11) is 1.69. The van der Waals surface area contributed by atoms with E-state index < -0.39 is 0 Å². The maximum atomic E-state index is 12.9. The second kappa shape index (κ2) is 6.99. The lowest BCUT2D eigenvalue weighted by Gasteiger charge is -2.32. The molecule has 0 bridgehead atoms. The predicted molar refractivity (Wildman–Crippen MR) is 106 cm³/mol. The number of benzene rings is 1. The molecule has 2 atom stereocenters. The zero-order chi connectivity index (χ0) is 19.1. The van der Waals surface area contributed by atoms with Gasteiger partial charge in [0, 0.05) is 20.1 Å². The van der Waals surface area contributed by atoms with Crippen LogP contribution in [0.2, 0.25) is 0 Å². The van der Waals surface area contributed by atoms with Gasteiger partial charge in [-0.05, 0) is 37.8 Å². The quantitative estimate of drug-likeness (QED) is 0.647. The fourth-order valence-corrected chi connectivity index (χ4v) is 4.68. The minimum atomic E-state index is -0.265. The third kappa shape index (κ3) is 3.12. The van der Waals surface area contributed by atoms with Crippen LogP contribution < -0.4 is 5.56 Å². The molecule has 1 fully saturated rings. The molecule has 1 saturated heterocycles. The van der Waals surface area contributed by atoms with Crippen molar-refractivity contribution >= 4 is 34.3 Å². The minimum absolute atomic E-state index is 0.103. The van der Waals surface area contributed by atoms with Crippen molar-refractivity contribution in [1.82, 2.24) is 24.1 Å². The van der Waals surface area contributed by atoms with E-state index in [1.807, 2.05) is 34.4 Å². The standard InChI is InChI=1S/C19H23N5O2S/c1-12-7-6-10-23(11-12)16(25)13(2)27-19-21-20-18-22(3)17(26)14-8-4-5-9-15(14)24(18)19/h4-5,8-9,12-13H,6-7,10-11H2,1-3H3/t12-,13-/m1/s1. The third-order valence-corrected chi connectivity index (χ3v) is 6.23. The molecule has 142 valence electrons. The number of carbonyl (C=O) groups is 1. The number of carbonyl (C=O) groups excluding carboxylic acids is 1. The van der Waals surface area contributed by atoms with Crippen LogP contribution >= 0.6 is 11.8 Å². The Labute approximate surface area is 161 Å². The Kier molecular flexibility index (Phi) is 4.67. The van der Waals surface area contributed by atoms with Crippen LogP contribution in [-0.2, 0) is 11.8 Å². The summed E-state index contributed by atoms with van der Waals surface area (Å²) in [6.07, 6.45) is 2.24. The molecular formula is C19H23N5O2S. The molecule has 27 heavy (non-hydrogen) atoms. The van der Waals surface area contributed by atoms with Crippen LogP contribution in [0.15, 0.2) is 34.2 Å². The summed E-state index contributed by atoms with van der Waals surface area (Å²) in [5.74, 6) is 1.16. The zero-order valence-corrected chi connectivity index (χ0v) is 16.6. The lowest BCUT2D eigenvalue weighted by molar-refractivity contribution is -0.131. The number of aryl methyl sites for hydroxylation is 1. The number of fused-ring (bicyclic) bond motifs is 3. The first-order valence-corrected chi connectivity index (χ1v) is 10.1. The molecule has 1 aromatic carbocycles. The van der Waals surface area contributed by atoms with E-state index in [-0.39, 0.29) is 16.7 Å². The largest absolute Gasteiger partial charge is 0.341 e. The molecule has 0 saturated carbocycles. The molecule has 0 spiro atoms. The summed E-state index contributed by atoms with van der Waals surface area (Å²) >= 11 is 1.39. The van der Waals surface area contributed by atoms with Gasteiger partial charge in [-0.2, -0.15) is 0 Å². The number of piperidine rings is 1. The fraction of sp³-hybridized carbons (Fsp3) is 0.474. The number of amides is 1. The first kappa shape index (κ1) is 18.0. The van der Waals surface area contributed by atoms with Gasteiger partial charge >= 0.3 is 0 Å².